The number of benzene rings is 4. The number of aromatic amines is 1. The molecule has 12 N–H and O–H groups in total. The maximum absolute atomic E-state index is 14.6. The second-order valence-corrected chi connectivity index (χ2v) is 15.9. The maximum atomic E-state index is 14.6. The molecule has 0 bridgehead atoms. The van der Waals surface area contributed by atoms with Crippen molar-refractivity contribution in [2.75, 3.05) is 6.61 Å². The first-order chi connectivity index (χ1) is 32.0. The van der Waals surface area contributed by atoms with Crippen LogP contribution in [0.4, 0.5) is 0 Å². The van der Waals surface area contributed by atoms with Gasteiger partial charge >= 0.3 is 5.97 Å². The summed E-state index contributed by atoms with van der Waals surface area (Å²) < 4.78 is 5.80. The number of aromatic nitrogens is 1. The summed E-state index contributed by atoms with van der Waals surface area (Å²) in [5.74, 6) is -9.83. The van der Waals surface area contributed by atoms with Crippen molar-refractivity contribution in [1.82, 2.24) is 36.9 Å². The molecule has 21 heteroatoms. The summed E-state index contributed by atoms with van der Waals surface area (Å²) >= 11 is 6.01. The highest BCUT2D eigenvalue weighted by molar-refractivity contribution is 6.29. The Hall–Kier alpha value is -8.10. The van der Waals surface area contributed by atoms with Crippen LogP contribution in [0.3, 0.4) is 0 Å². The number of H-pyrrole nitrogens is 1. The van der Waals surface area contributed by atoms with E-state index >= 15 is 0 Å². The number of esters is 1. The van der Waals surface area contributed by atoms with E-state index in [1.54, 1.807) is 60.7 Å². The van der Waals surface area contributed by atoms with Gasteiger partial charge in [0.2, 0.25) is 29.5 Å². The molecule has 7 atom stereocenters. The van der Waals surface area contributed by atoms with Crippen LogP contribution in [0.25, 0.3) is 0 Å². The standard InChI is InChI=1S/C46H46ClN7O13/c1-23-37(52-42(62)34(15-25-10-6-3-7-11-25)49-40(60)32-12-13-36(47)48-32)44(64)50-33(14-24-8-4-2-5-9-24)41(61)51-35(22-55)43(63)53-38(26-16-28(56)20-29(57)17-26)45(65)54-39(46(66)67-23)27-18-30(58)21-31(59)19-27/h2-13,16-21,23,33-35,37-39,48,55-59H,14-15,22H2,1H3,(H,49,60)(H,50,64)(H,51,61)(H,52,62)(H,53,63)(H,54,65)/t23-,33+,34+,35-,37-,38-,39+/m1/s1. The van der Waals surface area contributed by atoms with Gasteiger partial charge in [-0.05, 0) is 65.6 Å². The third-order valence-electron chi connectivity index (χ3n) is 10.5. The number of phenolic OH excluding ortho intramolecular Hbond substituents is 4. The zero-order valence-electron chi connectivity index (χ0n) is 35.4. The van der Waals surface area contributed by atoms with Gasteiger partial charge in [-0.3, -0.25) is 28.8 Å². The Labute approximate surface area is 386 Å². The Kier molecular flexibility index (Phi) is 15.7. The summed E-state index contributed by atoms with van der Waals surface area (Å²) in [5, 5.41) is 66.9. The van der Waals surface area contributed by atoms with Crippen LogP contribution in [0, 0.1) is 0 Å². The number of aromatic hydroxyl groups is 4. The minimum Gasteiger partial charge on any atom is -0.508 e. The van der Waals surface area contributed by atoms with Crippen molar-refractivity contribution in [1.29, 1.82) is 0 Å². The molecule has 67 heavy (non-hydrogen) atoms. The van der Waals surface area contributed by atoms with Gasteiger partial charge in [0.1, 0.15) is 70.2 Å². The first-order valence-electron chi connectivity index (χ1n) is 20.6. The quantitative estimate of drug-likeness (QED) is 0.0830. The number of rotatable bonds is 11. The summed E-state index contributed by atoms with van der Waals surface area (Å²) in [6.07, 6.45) is -2.03. The number of phenols is 4. The van der Waals surface area contributed by atoms with Crippen LogP contribution in [0.5, 0.6) is 23.0 Å². The molecule has 1 aliphatic rings. The number of aliphatic hydroxyl groups is 1. The Morgan fingerprint density at radius 2 is 1.18 bits per heavy atom. The van der Waals surface area contributed by atoms with Gasteiger partial charge in [-0.25, -0.2) is 4.79 Å². The number of cyclic esters (lactones) is 1. The highest BCUT2D eigenvalue weighted by Gasteiger charge is 2.39. The molecule has 20 nitrogen and oxygen atoms in total. The van der Waals surface area contributed by atoms with E-state index in [0.29, 0.717) is 11.1 Å². The van der Waals surface area contributed by atoms with E-state index in [1.165, 1.54) is 19.1 Å². The van der Waals surface area contributed by atoms with Gasteiger partial charge in [-0.15, -0.1) is 0 Å². The first-order valence-corrected chi connectivity index (χ1v) is 21.0. The molecule has 6 rings (SSSR count). The van der Waals surface area contributed by atoms with Crippen LogP contribution in [0.2, 0.25) is 5.15 Å². The van der Waals surface area contributed by atoms with Gasteiger partial charge in [-0.1, -0.05) is 72.3 Å². The van der Waals surface area contributed by atoms with Crippen molar-refractivity contribution < 1.29 is 63.8 Å². The summed E-state index contributed by atoms with van der Waals surface area (Å²) in [6, 6.07) is 14.9. The molecule has 0 radical (unpaired) electrons. The van der Waals surface area contributed by atoms with Crippen molar-refractivity contribution in [2.24, 2.45) is 0 Å². The van der Waals surface area contributed by atoms with Crippen LogP contribution >= 0.6 is 11.6 Å². The van der Waals surface area contributed by atoms with E-state index < -0.39 is 113 Å². The number of ether oxygens (including phenoxy) is 1. The van der Waals surface area contributed by atoms with E-state index in [4.69, 9.17) is 16.3 Å². The van der Waals surface area contributed by atoms with Crippen LogP contribution in [-0.2, 0) is 46.3 Å². The minimum atomic E-state index is -1.97. The lowest BCUT2D eigenvalue weighted by molar-refractivity contribution is -0.156. The monoisotopic (exact) mass is 939 g/mol. The van der Waals surface area contributed by atoms with Crippen molar-refractivity contribution in [3.63, 3.8) is 0 Å². The molecule has 2 heterocycles. The number of nitrogens with one attached hydrogen (secondary N) is 7. The molecule has 6 amide bonds. The number of carbonyl (C=O) groups excluding carboxylic acids is 7. The number of halogens is 1. The summed E-state index contributed by atoms with van der Waals surface area (Å²) in [5.41, 5.74) is 0.565. The largest absolute Gasteiger partial charge is 0.508 e. The fourth-order valence-electron chi connectivity index (χ4n) is 7.17. The second-order valence-electron chi connectivity index (χ2n) is 15.5. The van der Waals surface area contributed by atoms with Crippen LogP contribution < -0.4 is 31.9 Å². The maximum Gasteiger partial charge on any atom is 0.333 e. The molecule has 0 saturated carbocycles. The zero-order valence-corrected chi connectivity index (χ0v) is 36.2. The van der Waals surface area contributed by atoms with E-state index in [0.717, 1.165) is 36.4 Å². The molecule has 0 spiro atoms. The highest BCUT2D eigenvalue weighted by atomic mass is 35.5. The second kappa shape index (κ2) is 21.7. The number of carbonyl (C=O) groups is 7. The third-order valence-corrected chi connectivity index (χ3v) is 10.7. The SMILES string of the molecule is C[C@H]1OC(=O)[C@H](c2cc(O)cc(O)c2)NC(=O)[C@@H](c2cc(O)cc(O)c2)NC(=O)[C@@H](CO)NC(=O)[C@H](Cc2ccccc2)NC(=O)[C@@H]1NC(=O)[C@H](Cc1ccccc1)NC(=O)c1ccc(Cl)[nH]1. The first kappa shape index (κ1) is 48.4. The normalized spacial score (nSPS) is 21.1. The van der Waals surface area contributed by atoms with Crippen molar-refractivity contribution in [2.45, 2.75) is 62.1 Å². The summed E-state index contributed by atoms with van der Waals surface area (Å²) in [7, 11) is 0. The van der Waals surface area contributed by atoms with Gasteiger partial charge in [0, 0.05) is 25.0 Å². The van der Waals surface area contributed by atoms with Gasteiger partial charge in [0.25, 0.3) is 5.91 Å². The average molecular weight is 940 g/mol. The fourth-order valence-corrected chi connectivity index (χ4v) is 7.33. The molecule has 350 valence electrons. The van der Waals surface area contributed by atoms with Crippen molar-refractivity contribution >= 4 is 53.0 Å². The lowest BCUT2D eigenvalue weighted by Gasteiger charge is -2.31. The molecular weight excluding hydrogens is 894 g/mol. The average Bonchev–Trinajstić information content (AvgIpc) is 3.73. The molecule has 1 aromatic heterocycles. The van der Waals surface area contributed by atoms with E-state index in [-0.39, 0.29) is 34.8 Å². The van der Waals surface area contributed by atoms with Gasteiger partial charge in [0.05, 0.1) is 6.61 Å². The van der Waals surface area contributed by atoms with Crippen molar-refractivity contribution in [3.05, 3.63) is 142 Å². The predicted molar refractivity (Wildman–Crippen MR) is 237 cm³/mol. The van der Waals surface area contributed by atoms with Gasteiger partial charge in [0.15, 0.2) is 6.04 Å². The van der Waals surface area contributed by atoms with E-state index in [1.807, 2.05) is 0 Å². The van der Waals surface area contributed by atoms with Crippen LogP contribution in [0.15, 0.2) is 109 Å². The number of aliphatic hydroxyl groups excluding tert-OH is 1. The lowest BCUT2D eigenvalue weighted by Crippen LogP contribution is -2.62. The van der Waals surface area contributed by atoms with Crippen LogP contribution in [-0.4, -0.2) is 109 Å². The fraction of sp³-hybridized carbons (Fsp3) is 0.239. The molecule has 5 aromatic rings. The molecule has 0 unspecified atom stereocenters. The predicted octanol–water partition coefficient (Wildman–Crippen LogP) is 1.18. The zero-order chi connectivity index (χ0) is 48.4. The Balaban J connectivity index is 1.44. The number of hydrogen-bond donors (Lipinski definition) is 12. The molecule has 4 aromatic carbocycles. The number of amides is 6. The summed E-state index contributed by atoms with van der Waals surface area (Å²) in [4.78, 5) is 102. The Morgan fingerprint density at radius 1 is 0.657 bits per heavy atom. The molecule has 1 aliphatic heterocycles. The van der Waals surface area contributed by atoms with E-state index in [9.17, 15) is 59.1 Å². The molecular formula is C46H46ClN7O13. The topological polar surface area (TPSA) is 318 Å². The Morgan fingerprint density at radius 3 is 1.73 bits per heavy atom. The third kappa shape index (κ3) is 12.8. The highest BCUT2D eigenvalue weighted by Crippen LogP contribution is 2.29. The summed E-state index contributed by atoms with van der Waals surface area (Å²) in [6.45, 7) is 0.155. The minimum absolute atomic E-state index is 0.000534. The van der Waals surface area contributed by atoms with Gasteiger partial charge in [-0.2, -0.15) is 0 Å². The molecule has 1 saturated heterocycles. The Bertz CT molecular complexity index is 2590. The molecule has 1 fully saturated rings. The van der Waals surface area contributed by atoms with Crippen LogP contribution in [0.1, 0.15) is 51.7 Å². The smallest absolute Gasteiger partial charge is 0.333 e. The molecule has 0 aliphatic carbocycles. The van der Waals surface area contributed by atoms with E-state index in [2.05, 4.69) is 36.9 Å². The van der Waals surface area contributed by atoms with Crippen molar-refractivity contribution in [3.8, 4) is 23.0 Å². The van der Waals surface area contributed by atoms with Gasteiger partial charge < -0.3 is 67.2 Å². The number of hydrogen-bond acceptors (Lipinski definition) is 13. The lowest BCUT2D eigenvalue weighted by atomic mass is 10.0.